The molecule has 0 aromatic heterocycles. The highest BCUT2D eigenvalue weighted by molar-refractivity contribution is 7.67. The van der Waals surface area contributed by atoms with Crippen molar-refractivity contribution in [1.82, 2.24) is 0 Å². The van der Waals surface area contributed by atoms with Crippen LogP contribution in [-0.2, 0) is 9.09 Å². The third-order valence-electron chi connectivity index (χ3n) is 4.04. The van der Waals surface area contributed by atoms with Crippen LogP contribution >= 0.6 is 19.0 Å². The van der Waals surface area contributed by atoms with E-state index in [1.54, 1.807) is 12.1 Å². The zero-order valence-electron chi connectivity index (χ0n) is 14.5. The van der Waals surface area contributed by atoms with Gasteiger partial charge in [-0.15, -0.1) is 0 Å². The van der Waals surface area contributed by atoms with Crippen molar-refractivity contribution < 1.29 is 9.09 Å². The van der Waals surface area contributed by atoms with E-state index in [2.05, 4.69) is 5.32 Å². The monoisotopic (exact) mass is 385 g/mol. The van der Waals surface area contributed by atoms with Gasteiger partial charge in [0.15, 0.2) is 0 Å². The molecule has 0 aliphatic heterocycles. The van der Waals surface area contributed by atoms with Gasteiger partial charge in [-0.05, 0) is 36.8 Å². The van der Waals surface area contributed by atoms with E-state index in [0.29, 0.717) is 16.9 Å². The van der Waals surface area contributed by atoms with Gasteiger partial charge in [0.05, 0.1) is 16.9 Å². The number of benzene rings is 3. The largest absolute Gasteiger partial charge is 0.370 e. The minimum absolute atomic E-state index is 0.322. The summed E-state index contributed by atoms with van der Waals surface area (Å²) in [6.45, 7) is 2.16. The lowest BCUT2D eigenvalue weighted by Crippen LogP contribution is -2.21. The van der Waals surface area contributed by atoms with E-state index in [1.165, 1.54) is 0 Å². The molecule has 3 rings (SSSR count). The fraction of sp³-hybridized carbons (Fsp3) is 0.143. The molecule has 3 aromatic rings. The first-order chi connectivity index (χ1) is 12.6. The van der Waals surface area contributed by atoms with Crippen molar-refractivity contribution in [2.75, 3.05) is 11.9 Å². The number of hydrogen-bond acceptors (Lipinski definition) is 3. The summed E-state index contributed by atoms with van der Waals surface area (Å²) in [5.74, 6) is -0.550. The Kier molecular flexibility index (Phi) is 6.16. The summed E-state index contributed by atoms with van der Waals surface area (Å²) in [6.07, 6.45) is 0. The van der Waals surface area contributed by atoms with Gasteiger partial charge in [-0.3, -0.25) is 4.57 Å². The summed E-state index contributed by atoms with van der Waals surface area (Å²) in [4.78, 5) is 0. The first-order valence-corrected chi connectivity index (χ1v) is 10.6. The topological polar surface area (TPSA) is 38.3 Å². The zero-order chi connectivity index (χ0) is 18.4. The average Bonchev–Trinajstić information content (AvgIpc) is 2.68. The van der Waals surface area contributed by atoms with Crippen LogP contribution in [0.25, 0.3) is 0 Å². The van der Waals surface area contributed by atoms with Crippen LogP contribution in [0.15, 0.2) is 84.9 Å². The Balaban J connectivity index is 2.14. The molecule has 0 amide bonds. The smallest absolute Gasteiger partial charge is 0.259 e. The van der Waals surface area contributed by atoms with Crippen molar-refractivity contribution in [2.24, 2.45) is 0 Å². The zero-order valence-corrected chi connectivity index (χ0v) is 16.2. The Morgan fingerprint density at radius 3 is 2.12 bits per heavy atom. The second-order valence-corrected chi connectivity index (χ2v) is 8.65. The minimum Gasteiger partial charge on any atom is -0.370 e. The molecule has 1 N–H and O–H groups in total. The van der Waals surface area contributed by atoms with E-state index in [1.807, 2.05) is 79.7 Å². The maximum Gasteiger partial charge on any atom is 0.259 e. The lowest BCUT2D eigenvalue weighted by atomic mass is 10.2. The number of para-hydroxylation sites is 1. The molecule has 0 fully saturated rings. The maximum atomic E-state index is 14.2. The van der Waals surface area contributed by atoms with Gasteiger partial charge < -0.3 is 9.84 Å². The van der Waals surface area contributed by atoms with Crippen LogP contribution in [0.2, 0.25) is 5.02 Å². The van der Waals surface area contributed by atoms with Gasteiger partial charge in [0, 0.05) is 5.69 Å². The predicted octanol–water partition coefficient (Wildman–Crippen LogP) is 6.09. The molecule has 3 aromatic carbocycles. The van der Waals surface area contributed by atoms with E-state index in [-0.39, 0.29) is 0 Å². The Morgan fingerprint density at radius 1 is 0.923 bits per heavy atom. The molecule has 0 aliphatic rings. The third-order valence-corrected chi connectivity index (χ3v) is 7.31. The molecule has 0 radical (unpaired) electrons. The Hall–Kier alpha value is -2.06. The van der Waals surface area contributed by atoms with Crippen LogP contribution in [0.1, 0.15) is 18.3 Å². The highest BCUT2D eigenvalue weighted by Crippen LogP contribution is 2.59. The van der Waals surface area contributed by atoms with Gasteiger partial charge in [0.2, 0.25) is 0 Å². The average molecular weight is 386 g/mol. The molecule has 0 aliphatic carbocycles. The Labute approximate surface area is 159 Å². The number of hydrogen-bond donors (Lipinski definition) is 1. The summed E-state index contributed by atoms with van der Waals surface area (Å²) >= 11 is 6.40. The van der Waals surface area contributed by atoms with Gasteiger partial charge in [-0.2, -0.15) is 0 Å². The number of rotatable bonds is 7. The normalized spacial score (nSPS) is 14.4. The molecular formula is C21H21ClNO2P. The van der Waals surface area contributed by atoms with E-state index in [9.17, 15) is 4.57 Å². The van der Waals surface area contributed by atoms with Crippen molar-refractivity contribution in [3.8, 4) is 0 Å². The van der Waals surface area contributed by atoms with Crippen molar-refractivity contribution in [1.29, 1.82) is 0 Å². The van der Waals surface area contributed by atoms with Crippen molar-refractivity contribution in [3.63, 3.8) is 0 Å². The highest BCUT2D eigenvalue weighted by atomic mass is 35.5. The number of halogens is 1. The lowest BCUT2D eigenvalue weighted by Gasteiger charge is -2.30. The van der Waals surface area contributed by atoms with Crippen LogP contribution in [0, 0.1) is 0 Å². The van der Waals surface area contributed by atoms with E-state index >= 15 is 0 Å². The molecule has 0 unspecified atom stereocenters. The molecule has 134 valence electrons. The molecule has 2 atom stereocenters. The van der Waals surface area contributed by atoms with Crippen LogP contribution in [0.4, 0.5) is 5.69 Å². The summed E-state index contributed by atoms with van der Waals surface area (Å²) < 4.78 is 20.1. The van der Waals surface area contributed by atoms with Crippen molar-refractivity contribution >= 4 is 30.0 Å². The second kappa shape index (κ2) is 8.55. The summed E-state index contributed by atoms with van der Waals surface area (Å²) in [6, 6.07) is 26.6. The molecular weight excluding hydrogens is 365 g/mol. The third kappa shape index (κ3) is 4.02. The fourth-order valence-corrected chi connectivity index (χ4v) is 5.86. The Morgan fingerprint density at radius 2 is 1.50 bits per heavy atom. The quantitative estimate of drug-likeness (QED) is 0.500. The van der Waals surface area contributed by atoms with Crippen LogP contribution in [0.3, 0.4) is 0 Å². The van der Waals surface area contributed by atoms with Gasteiger partial charge in [-0.25, -0.2) is 0 Å². The van der Waals surface area contributed by atoms with Crippen molar-refractivity contribution in [2.45, 2.75) is 12.7 Å². The molecule has 3 nitrogen and oxygen atoms in total. The first kappa shape index (κ1) is 18.7. The van der Waals surface area contributed by atoms with E-state index in [0.717, 1.165) is 11.3 Å². The van der Waals surface area contributed by atoms with E-state index < -0.39 is 13.2 Å². The SMILES string of the molecule is CCO[P@@](=O)(c1ccccc1Cl)[C@@H](Nc1ccccc1)c1ccccc1. The number of nitrogens with one attached hydrogen (secondary N) is 1. The second-order valence-electron chi connectivity index (χ2n) is 5.79. The van der Waals surface area contributed by atoms with Gasteiger partial charge in [0.1, 0.15) is 5.78 Å². The standard InChI is InChI=1S/C21H21ClNO2P/c1-2-25-26(24,20-16-10-9-15-19(20)22)21(17-11-5-3-6-12-17)23-18-13-7-4-8-14-18/h3-16,21,23H,2H2,1H3/t21-,26+/m1/s1. The molecule has 5 heteroatoms. The van der Waals surface area contributed by atoms with E-state index in [4.69, 9.17) is 16.1 Å². The fourth-order valence-electron chi connectivity index (χ4n) is 2.87. The molecule has 0 heterocycles. The van der Waals surface area contributed by atoms with Crippen LogP contribution in [0.5, 0.6) is 0 Å². The minimum atomic E-state index is -3.35. The van der Waals surface area contributed by atoms with Crippen LogP contribution in [-0.4, -0.2) is 6.61 Å². The predicted molar refractivity (Wildman–Crippen MR) is 110 cm³/mol. The highest BCUT2D eigenvalue weighted by Gasteiger charge is 2.38. The van der Waals surface area contributed by atoms with Gasteiger partial charge >= 0.3 is 0 Å². The lowest BCUT2D eigenvalue weighted by molar-refractivity contribution is 0.335. The molecule has 0 spiro atoms. The maximum absolute atomic E-state index is 14.2. The molecule has 0 saturated carbocycles. The Bertz CT molecular complexity index is 887. The van der Waals surface area contributed by atoms with Crippen molar-refractivity contribution in [3.05, 3.63) is 95.5 Å². The number of anilines is 1. The summed E-state index contributed by atoms with van der Waals surface area (Å²) in [5.41, 5.74) is 1.75. The summed E-state index contributed by atoms with van der Waals surface area (Å²) in [5, 5.41) is 4.37. The van der Waals surface area contributed by atoms with Gasteiger partial charge in [-0.1, -0.05) is 72.3 Å². The summed E-state index contributed by atoms with van der Waals surface area (Å²) in [7, 11) is -3.35. The molecule has 0 saturated heterocycles. The van der Waals surface area contributed by atoms with Crippen LogP contribution < -0.4 is 10.6 Å². The van der Waals surface area contributed by atoms with Gasteiger partial charge in [0.25, 0.3) is 7.37 Å². The first-order valence-electron chi connectivity index (χ1n) is 8.51. The molecule has 26 heavy (non-hydrogen) atoms. The molecule has 0 bridgehead atoms.